The van der Waals surface area contributed by atoms with Crippen LogP contribution < -0.4 is 0 Å². The van der Waals surface area contributed by atoms with E-state index in [0.29, 0.717) is 0 Å². The highest BCUT2D eigenvalue weighted by atomic mass is 32.2. The smallest absolute Gasteiger partial charge is 0.197 e. The lowest BCUT2D eigenvalue weighted by Gasteiger charge is -2.38. The van der Waals surface area contributed by atoms with E-state index in [9.17, 15) is 4.79 Å². The quantitative estimate of drug-likeness (QED) is 0.626. The van der Waals surface area contributed by atoms with Gasteiger partial charge < -0.3 is 0 Å². The molecule has 0 bridgehead atoms. The summed E-state index contributed by atoms with van der Waals surface area (Å²) >= 11 is 1.36. The minimum Gasteiger partial charge on any atom is -0.286 e. The molecule has 1 rings (SSSR count). The maximum atomic E-state index is 12.6. The number of hydrogen-bond donors (Lipinski definition) is 0. The van der Waals surface area contributed by atoms with Gasteiger partial charge in [0, 0.05) is 12.5 Å². The highest BCUT2D eigenvalue weighted by Crippen LogP contribution is 2.39. The van der Waals surface area contributed by atoms with Gasteiger partial charge in [0.25, 0.3) is 0 Å². The van der Waals surface area contributed by atoms with Crippen LogP contribution in [0.15, 0.2) is 17.6 Å². The average Bonchev–Trinajstić information content (AvgIpc) is 2.59. The summed E-state index contributed by atoms with van der Waals surface area (Å²) in [6, 6.07) is 0. The topological polar surface area (TPSA) is 32.7 Å². The third-order valence-corrected chi connectivity index (χ3v) is 5.79. The van der Waals surface area contributed by atoms with Gasteiger partial charge in [-0.1, -0.05) is 32.8 Å². The molecule has 126 valence electrons. The number of nitrogens with zero attached hydrogens (tertiary/aromatic N) is 2. The molecule has 0 aromatic rings. The molecule has 0 amide bonds. The lowest BCUT2D eigenvalue weighted by atomic mass is 10.0. The van der Waals surface area contributed by atoms with E-state index in [4.69, 9.17) is 4.99 Å². The summed E-state index contributed by atoms with van der Waals surface area (Å²) in [4.78, 5) is 19.8. The Hall–Kier alpha value is -0.610. The summed E-state index contributed by atoms with van der Waals surface area (Å²) in [7, 11) is 0. The normalized spacial score (nSPS) is 21.5. The van der Waals surface area contributed by atoms with Crippen molar-refractivity contribution in [1.29, 1.82) is 0 Å². The van der Waals surface area contributed by atoms with Crippen molar-refractivity contribution in [2.45, 2.75) is 78.4 Å². The molecule has 0 saturated heterocycles. The number of aliphatic imine (C=N–C) groups is 1. The molecular formula is C18H32N2OS. The molecular weight excluding hydrogens is 292 g/mol. The predicted molar refractivity (Wildman–Crippen MR) is 98.4 cm³/mol. The second-order valence-corrected chi connectivity index (χ2v) is 8.03. The molecule has 0 aliphatic carbocycles. The van der Waals surface area contributed by atoms with Gasteiger partial charge in [0.1, 0.15) is 5.66 Å². The van der Waals surface area contributed by atoms with Crippen LogP contribution in [0, 0.1) is 5.92 Å². The second-order valence-electron chi connectivity index (χ2n) is 7.04. The van der Waals surface area contributed by atoms with Gasteiger partial charge in [-0.3, -0.25) is 14.7 Å². The number of hydrogen-bond acceptors (Lipinski definition) is 4. The van der Waals surface area contributed by atoms with Crippen molar-refractivity contribution in [3.05, 3.63) is 12.7 Å². The van der Waals surface area contributed by atoms with E-state index < -0.39 is 0 Å². The highest BCUT2D eigenvalue weighted by Gasteiger charge is 2.47. The Kier molecular flexibility index (Phi) is 6.87. The first-order valence-electron chi connectivity index (χ1n) is 8.41. The Bertz CT molecular complexity index is 440. The van der Waals surface area contributed by atoms with Gasteiger partial charge in [-0.05, 0) is 52.3 Å². The largest absolute Gasteiger partial charge is 0.286 e. The third kappa shape index (κ3) is 4.23. The van der Waals surface area contributed by atoms with Crippen LogP contribution in [0.25, 0.3) is 0 Å². The van der Waals surface area contributed by atoms with Crippen molar-refractivity contribution < 1.29 is 4.79 Å². The van der Waals surface area contributed by atoms with Crippen molar-refractivity contribution in [3.63, 3.8) is 0 Å². The number of rotatable bonds is 7. The molecule has 1 aliphatic rings. The van der Waals surface area contributed by atoms with Gasteiger partial charge >= 0.3 is 0 Å². The van der Waals surface area contributed by atoms with Crippen LogP contribution in [0.5, 0.6) is 0 Å². The molecule has 3 nitrogen and oxygen atoms in total. The zero-order chi connectivity index (χ0) is 17.0. The van der Waals surface area contributed by atoms with Crippen LogP contribution >= 0.6 is 11.8 Å². The molecule has 0 N–H and O–H groups in total. The van der Waals surface area contributed by atoms with E-state index in [2.05, 4.69) is 53.0 Å². The van der Waals surface area contributed by atoms with Gasteiger partial charge in [0.15, 0.2) is 5.12 Å². The maximum absolute atomic E-state index is 12.6. The minimum atomic E-state index is -0.286. The minimum absolute atomic E-state index is 0.153. The van der Waals surface area contributed by atoms with E-state index in [1.54, 1.807) is 0 Å². The van der Waals surface area contributed by atoms with Crippen molar-refractivity contribution in [3.8, 4) is 0 Å². The number of carbonyl (C=O) groups is 1. The van der Waals surface area contributed by atoms with Gasteiger partial charge in [-0.2, -0.15) is 0 Å². The van der Waals surface area contributed by atoms with E-state index in [1.807, 2.05) is 6.08 Å². The molecule has 1 atom stereocenters. The van der Waals surface area contributed by atoms with Crippen molar-refractivity contribution in [2.24, 2.45) is 10.9 Å². The van der Waals surface area contributed by atoms with Crippen LogP contribution in [-0.2, 0) is 4.79 Å². The van der Waals surface area contributed by atoms with Crippen LogP contribution in [0.2, 0.25) is 0 Å². The molecule has 1 aliphatic heterocycles. The summed E-state index contributed by atoms with van der Waals surface area (Å²) in [5.41, 5.74) is -0.507. The number of unbranched alkanes of at least 4 members (excludes halogenated alkanes) is 1. The summed E-state index contributed by atoms with van der Waals surface area (Å²) in [5.74, 6) is 0.153. The zero-order valence-corrected chi connectivity index (χ0v) is 15.9. The Balaban J connectivity index is 2.88. The van der Waals surface area contributed by atoms with Crippen LogP contribution in [0.1, 0.15) is 67.2 Å². The molecule has 0 aromatic carbocycles. The molecule has 0 aromatic heterocycles. The van der Waals surface area contributed by atoms with Crippen LogP contribution in [-0.4, -0.2) is 32.8 Å². The Morgan fingerprint density at radius 3 is 2.50 bits per heavy atom. The summed E-state index contributed by atoms with van der Waals surface area (Å²) in [6.45, 7) is 17.4. The molecule has 4 heteroatoms. The molecule has 0 fully saturated rings. The Morgan fingerprint density at radius 2 is 2.00 bits per heavy atom. The molecule has 1 unspecified atom stereocenters. The monoisotopic (exact) mass is 324 g/mol. The lowest BCUT2D eigenvalue weighted by molar-refractivity contribution is -0.114. The first-order valence-corrected chi connectivity index (χ1v) is 9.23. The first kappa shape index (κ1) is 19.4. The van der Waals surface area contributed by atoms with Crippen molar-refractivity contribution in [2.75, 3.05) is 6.54 Å². The highest BCUT2D eigenvalue weighted by molar-refractivity contribution is 8.26. The van der Waals surface area contributed by atoms with Crippen LogP contribution in [0.4, 0.5) is 0 Å². The number of carbonyl (C=O) groups excluding carboxylic acids is 1. The van der Waals surface area contributed by atoms with Crippen LogP contribution in [0.3, 0.4) is 0 Å². The standard InChI is InChI=1S/C18H32N2OS/c1-8-11-12-14(10-3)15(21)22-16-17(4,5)20(13-9-2)18(6,7)19-16/h9,14H,2,8,10-13H2,1,3-7H3. The van der Waals surface area contributed by atoms with Crippen molar-refractivity contribution in [1.82, 2.24) is 4.90 Å². The summed E-state index contributed by atoms with van der Waals surface area (Å²) < 4.78 is 0. The summed E-state index contributed by atoms with van der Waals surface area (Å²) in [5, 5.41) is 1.22. The fourth-order valence-corrected chi connectivity index (χ4v) is 4.36. The van der Waals surface area contributed by atoms with E-state index >= 15 is 0 Å². The fraction of sp³-hybridized carbons (Fsp3) is 0.778. The second kappa shape index (κ2) is 7.78. The summed E-state index contributed by atoms with van der Waals surface area (Å²) in [6.07, 6.45) is 6.08. The zero-order valence-electron chi connectivity index (χ0n) is 15.1. The molecule has 22 heavy (non-hydrogen) atoms. The maximum Gasteiger partial charge on any atom is 0.197 e. The fourth-order valence-electron chi connectivity index (χ4n) is 3.09. The lowest BCUT2D eigenvalue weighted by Crippen LogP contribution is -2.51. The molecule has 0 saturated carbocycles. The van der Waals surface area contributed by atoms with Gasteiger partial charge in [0.2, 0.25) is 0 Å². The van der Waals surface area contributed by atoms with E-state index in [-0.39, 0.29) is 22.2 Å². The van der Waals surface area contributed by atoms with Gasteiger partial charge in [0.05, 0.1) is 10.6 Å². The molecule has 1 heterocycles. The van der Waals surface area contributed by atoms with Crippen molar-refractivity contribution >= 4 is 21.9 Å². The molecule has 0 radical (unpaired) electrons. The van der Waals surface area contributed by atoms with Gasteiger partial charge in [-0.15, -0.1) is 6.58 Å². The Morgan fingerprint density at radius 1 is 1.36 bits per heavy atom. The predicted octanol–water partition coefficient (Wildman–Crippen LogP) is 4.88. The Labute approximate surface area is 140 Å². The van der Waals surface area contributed by atoms with Gasteiger partial charge in [-0.25, -0.2) is 0 Å². The van der Waals surface area contributed by atoms with E-state index in [0.717, 1.165) is 37.3 Å². The first-order chi connectivity index (χ1) is 10.2. The SMILES string of the molecule is C=CCN1C(C)(C)N=C(SC(=O)C(CC)CCCC)C1(C)C. The molecule has 0 spiro atoms. The number of thioether (sulfide) groups is 1. The average molecular weight is 325 g/mol. The van der Waals surface area contributed by atoms with E-state index in [1.165, 1.54) is 11.8 Å². The third-order valence-electron chi connectivity index (χ3n) is 4.48.